The van der Waals surface area contributed by atoms with E-state index in [1.54, 1.807) is 0 Å². The van der Waals surface area contributed by atoms with Gasteiger partial charge in [0.25, 0.3) is 0 Å². The summed E-state index contributed by atoms with van der Waals surface area (Å²) in [6, 6.07) is 0. The van der Waals surface area contributed by atoms with Gasteiger partial charge in [-0.05, 0) is 17.8 Å². The third kappa shape index (κ3) is 1170. The molecule has 0 radical (unpaired) electrons. The molecule has 1 nitrogen and oxygen atoms in total. The van der Waals surface area contributed by atoms with Gasteiger partial charge < -0.3 is 0 Å². The molecule has 1 heteroatoms. The molecule has 0 N–H and O–H groups in total. The summed E-state index contributed by atoms with van der Waals surface area (Å²) in [5, 5.41) is 0. The van der Waals surface area contributed by atoms with Gasteiger partial charge in [-0.2, -0.15) is 0 Å². The molecule has 0 spiro atoms. The van der Waals surface area contributed by atoms with Crippen LogP contribution < -0.4 is 0 Å². The Labute approximate surface area is 299 Å². The van der Waals surface area contributed by atoms with Crippen molar-refractivity contribution in [1.29, 1.82) is 0 Å². The molecule has 0 atom stereocenters. The molecule has 0 saturated carbocycles. The normalized spacial score (nSPS) is 5.64. The van der Waals surface area contributed by atoms with E-state index in [-0.39, 0.29) is 80.2 Å². The third-order valence-electron chi connectivity index (χ3n) is 1.81. The van der Waals surface area contributed by atoms with Gasteiger partial charge >= 0.3 is 0 Å². The van der Waals surface area contributed by atoms with Crippen molar-refractivity contribution < 1.29 is 4.79 Å². The highest BCUT2D eigenvalue weighted by Gasteiger charge is 2.00. The van der Waals surface area contributed by atoms with Crippen molar-refractivity contribution in [3.63, 3.8) is 0 Å². The van der Waals surface area contributed by atoms with E-state index in [1.807, 2.05) is 76.2 Å². The number of Topliss-reactive ketones (excluding diaryl/α,β-unsaturated/α-hetero) is 1. The van der Waals surface area contributed by atoms with Gasteiger partial charge in [0, 0.05) is 12.3 Å². The summed E-state index contributed by atoms with van der Waals surface area (Å²) in [5.74, 6) is 3.12. The Bertz CT molecular complexity index is 178. The van der Waals surface area contributed by atoms with Crippen LogP contribution in [0.25, 0.3) is 0 Å². The summed E-state index contributed by atoms with van der Waals surface area (Å²) in [6.45, 7) is 49.9. The van der Waals surface area contributed by atoms with Gasteiger partial charge in [-0.25, -0.2) is 0 Å². The van der Waals surface area contributed by atoms with Crippen LogP contribution in [0.15, 0.2) is 0 Å². The summed E-state index contributed by atoms with van der Waals surface area (Å²) in [6.07, 6.45) is 4.48. The fourth-order valence-corrected chi connectivity index (χ4v) is 0.408. The standard InChI is InChI=1S/C6H12O.C5H12.2C4H10.2C3H8.4C2H6.10CH4/c1-4-6(7)5(2)3;1-4-5(2)3;2*1-4(2)3;2*1-3-2;4*1-2;;;;;;;;;;/h5H,4H2,1-3H3;5H,4H2,1-3H3;2*4H,1-3H3;2*3H2,1-2H3;4*1-2H3;10*1H4. The van der Waals surface area contributed by atoms with Crippen LogP contribution in [0.1, 0.15) is 266 Å². The number of carbonyl (C=O) groups excluding carboxylic acids is 1. The lowest BCUT2D eigenvalue weighted by Gasteiger charge is -1.96. The molecule has 0 aromatic rings. The van der Waals surface area contributed by atoms with Crippen LogP contribution in [-0.4, -0.2) is 5.78 Å². The van der Waals surface area contributed by atoms with Gasteiger partial charge in [0.2, 0.25) is 0 Å². The molecule has 0 rings (SSSR count). The highest BCUT2D eigenvalue weighted by Crippen LogP contribution is 1.95. The molecule has 0 amide bonds. The van der Waals surface area contributed by atoms with E-state index >= 15 is 0 Å². The lowest BCUT2D eigenvalue weighted by molar-refractivity contribution is -0.121. The average molecular weight is 657 g/mol. The molecule has 0 aromatic heterocycles. The Morgan fingerprint density at radius 1 is 0.386 bits per heavy atom. The fourth-order valence-electron chi connectivity index (χ4n) is 0.408. The minimum Gasteiger partial charge on any atom is -0.299 e. The molecular formula is C43H124O. The Kier molecular flexibility index (Phi) is 686. The maximum Gasteiger partial charge on any atom is 0.135 e. The molecule has 0 unspecified atom stereocenters. The monoisotopic (exact) mass is 657 g/mol. The molecule has 0 heterocycles. The predicted octanol–water partition coefficient (Wildman–Crippen LogP) is 20.3. The van der Waals surface area contributed by atoms with Crippen molar-refractivity contribution in [2.45, 2.75) is 266 Å². The first-order valence-electron chi connectivity index (χ1n) is 15.3. The largest absolute Gasteiger partial charge is 0.299 e. The summed E-state index contributed by atoms with van der Waals surface area (Å²) in [4.78, 5) is 10.5. The minimum atomic E-state index is 0. The maximum absolute atomic E-state index is 10.5. The zero-order chi connectivity index (χ0) is 30.7. The Balaban J connectivity index is -0.00000000810. The summed E-state index contributed by atoms with van der Waals surface area (Å²) < 4.78 is 0. The second kappa shape index (κ2) is 213. The SMILES string of the molecule is C.C.C.C.C.C.C.C.C.C.CC.CC.CC.CC.CC(C)C.CC(C)C.CCC.CCC.CCC(=O)C(C)C.CCC(C)C. The molecule has 44 heavy (non-hydrogen) atoms. The van der Waals surface area contributed by atoms with Crippen molar-refractivity contribution >= 4 is 5.78 Å². The van der Waals surface area contributed by atoms with Gasteiger partial charge in [0.05, 0.1) is 0 Å². The van der Waals surface area contributed by atoms with E-state index in [9.17, 15) is 4.79 Å². The first-order chi connectivity index (χ1) is 15.7. The molecule has 0 aromatic carbocycles. The number of rotatable bonds is 3. The predicted molar refractivity (Wildman–Crippen MR) is 241 cm³/mol. The van der Waals surface area contributed by atoms with Gasteiger partial charge in [0.15, 0.2) is 0 Å². The molecule has 0 aliphatic rings. The second-order valence-electron chi connectivity index (χ2n) is 8.65. The smallest absolute Gasteiger partial charge is 0.135 e. The molecule has 0 fully saturated rings. The van der Waals surface area contributed by atoms with Crippen molar-refractivity contribution in [3.05, 3.63) is 0 Å². The lowest BCUT2D eigenvalue weighted by atomic mass is 10.1. The van der Waals surface area contributed by atoms with Crippen molar-refractivity contribution in [3.8, 4) is 0 Å². The molecule has 0 aliphatic heterocycles. The van der Waals surface area contributed by atoms with Crippen LogP contribution in [0, 0.1) is 23.7 Å². The van der Waals surface area contributed by atoms with E-state index in [1.165, 1.54) is 19.3 Å². The second-order valence-corrected chi connectivity index (χ2v) is 8.65. The summed E-state index contributed by atoms with van der Waals surface area (Å²) >= 11 is 0. The van der Waals surface area contributed by atoms with Crippen LogP contribution >= 0.6 is 0 Å². The van der Waals surface area contributed by atoms with E-state index in [0.717, 1.165) is 17.8 Å². The molecular weight excluding hydrogens is 532 g/mol. The topological polar surface area (TPSA) is 17.1 Å². The third-order valence-corrected chi connectivity index (χ3v) is 1.81. The van der Waals surface area contributed by atoms with Crippen LogP contribution in [0.2, 0.25) is 0 Å². The van der Waals surface area contributed by atoms with Gasteiger partial charge in [-0.15, -0.1) is 0 Å². The maximum atomic E-state index is 10.5. The first kappa shape index (κ1) is 142. The minimum absolute atomic E-state index is 0. The van der Waals surface area contributed by atoms with Crippen molar-refractivity contribution in [2.75, 3.05) is 0 Å². The van der Waals surface area contributed by atoms with E-state index in [2.05, 4.69) is 90.0 Å². The number of hydrogen-bond donors (Lipinski definition) is 0. The highest BCUT2D eigenvalue weighted by molar-refractivity contribution is 5.79. The highest BCUT2D eigenvalue weighted by atomic mass is 16.1. The molecule has 0 bridgehead atoms. The summed E-state index contributed by atoms with van der Waals surface area (Å²) in [7, 11) is 0. The van der Waals surface area contributed by atoms with Crippen LogP contribution in [-0.2, 0) is 4.79 Å². The van der Waals surface area contributed by atoms with Gasteiger partial charge in [-0.1, -0.05) is 260 Å². The lowest BCUT2D eigenvalue weighted by Crippen LogP contribution is -2.03. The van der Waals surface area contributed by atoms with Crippen molar-refractivity contribution in [1.82, 2.24) is 0 Å². The zero-order valence-corrected chi connectivity index (χ0v) is 30.0. The van der Waals surface area contributed by atoms with Crippen LogP contribution in [0.5, 0.6) is 0 Å². The molecule has 0 saturated heterocycles. The number of ketones is 1. The zero-order valence-electron chi connectivity index (χ0n) is 30.0. The summed E-state index contributed by atoms with van der Waals surface area (Å²) in [5.41, 5.74) is 0. The Morgan fingerprint density at radius 2 is 0.477 bits per heavy atom. The van der Waals surface area contributed by atoms with E-state index in [4.69, 9.17) is 0 Å². The van der Waals surface area contributed by atoms with Gasteiger partial charge in [0.1, 0.15) is 5.78 Å². The Hall–Kier alpha value is -0.330. The van der Waals surface area contributed by atoms with Crippen LogP contribution in [0.3, 0.4) is 0 Å². The quantitative estimate of drug-likeness (QED) is 0.295. The number of hydrogen-bond acceptors (Lipinski definition) is 1. The van der Waals surface area contributed by atoms with Crippen molar-refractivity contribution in [2.24, 2.45) is 23.7 Å². The first-order valence-corrected chi connectivity index (χ1v) is 15.3. The Morgan fingerprint density at radius 3 is 0.477 bits per heavy atom. The van der Waals surface area contributed by atoms with E-state index < -0.39 is 0 Å². The average Bonchev–Trinajstić information content (AvgIpc) is 2.79. The fraction of sp³-hybridized carbons (Fsp3) is 0.977. The number of carbonyl (C=O) groups is 1. The van der Waals surface area contributed by atoms with Gasteiger partial charge in [-0.3, -0.25) is 4.79 Å². The van der Waals surface area contributed by atoms with Crippen LogP contribution in [0.4, 0.5) is 0 Å². The molecule has 302 valence electrons. The molecule has 0 aliphatic carbocycles. The van der Waals surface area contributed by atoms with E-state index in [0.29, 0.717) is 12.2 Å².